The van der Waals surface area contributed by atoms with Crippen molar-refractivity contribution in [3.05, 3.63) is 66.2 Å². The van der Waals surface area contributed by atoms with Gasteiger partial charge in [-0.1, -0.05) is 52.8 Å². The van der Waals surface area contributed by atoms with E-state index in [4.69, 9.17) is 23.8 Å². The zero-order chi connectivity index (χ0) is 51.8. The number of methoxy groups -OCH3 is 1. The van der Waals surface area contributed by atoms with Crippen LogP contribution in [0.25, 0.3) is 0 Å². The number of allylic oxidation sites excluding steroid dienone is 1. The molecule has 0 spiro atoms. The maximum atomic E-state index is 15.0. The molecule has 2 aromatic carbocycles. The molecule has 0 aliphatic rings. The number of anilines is 1. The number of rotatable bonds is 25. The fourth-order valence-corrected chi connectivity index (χ4v) is 11.2. The molecule has 2 aromatic rings. The van der Waals surface area contributed by atoms with Crippen LogP contribution in [0.2, 0.25) is 17.1 Å². The third kappa shape index (κ3) is 12.4. The number of ether oxygens (including phenoxy) is 3. The van der Waals surface area contributed by atoms with Crippen LogP contribution in [-0.4, -0.2) is 93.5 Å². The number of halogens is 17. The van der Waals surface area contributed by atoms with Crippen molar-refractivity contribution in [1.82, 2.24) is 5.48 Å². The van der Waals surface area contributed by atoms with E-state index in [0.29, 0.717) is 29.8 Å². The number of alkyl halides is 17. The summed E-state index contributed by atoms with van der Waals surface area (Å²) in [5, 5.41) is 11.3. The molecule has 9 nitrogen and oxygen atoms in total. The van der Waals surface area contributed by atoms with Gasteiger partial charge in [0.15, 0.2) is 8.32 Å². The first-order valence-corrected chi connectivity index (χ1v) is 22.0. The minimum Gasteiger partial charge on any atom is -0.497 e. The summed E-state index contributed by atoms with van der Waals surface area (Å²) in [5.74, 6) is -57.4. The number of hydrogen-bond acceptors (Lipinski definition) is 7. The van der Waals surface area contributed by atoms with Crippen molar-refractivity contribution in [1.29, 1.82) is 0 Å². The Kier molecular flexibility index (Phi) is 19.1. The van der Waals surface area contributed by atoms with Gasteiger partial charge < -0.3 is 18.6 Å². The van der Waals surface area contributed by atoms with Gasteiger partial charge in [-0.3, -0.25) is 15.3 Å². The molecule has 0 heterocycles. The lowest BCUT2D eigenvalue weighted by Crippen LogP contribution is -2.74. The number of nitrogens with one attached hydrogen (secondary N) is 2. The lowest BCUT2D eigenvalue weighted by atomic mass is 9.88. The first-order chi connectivity index (χ1) is 30.5. The van der Waals surface area contributed by atoms with E-state index < -0.39 is 117 Å². The highest BCUT2D eigenvalue weighted by Crippen LogP contribution is 2.64. The van der Waals surface area contributed by atoms with Crippen LogP contribution in [0.5, 0.6) is 11.5 Å². The fourth-order valence-electron chi connectivity index (χ4n) is 6.69. The molecule has 0 bridgehead atoms. The average Bonchev–Trinajstić information content (AvgIpc) is 3.23. The molecule has 382 valence electrons. The minimum atomic E-state index is -8.70. The number of hydroxylamine groups is 1. The van der Waals surface area contributed by atoms with Crippen molar-refractivity contribution in [2.45, 2.75) is 125 Å². The summed E-state index contributed by atoms with van der Waals surface area (Å²) in [6.45, 7) is 6.02. The van der Waals surface area contributed by atoms with Crippen LogP contribution >= 0.6 is 0 Å². The first kappa shape index (κ1) is 58.6. The summed E-state index contributed by atoms with van der Waals surface area (Å²) >= 11 is 0. The second-order valence-electron chi connectivity index (χ2n) is 15.8. The first-order valence-electron chi connectivity index (χ1n) is 19.8. The second kappa shape index (κ2) is 21.8. The highest BCUT2D eigenvalue weighted by atomic mass is 28.4. The number of benzene rings is 2. The molecule has 0 saturated carbocycles. The smallest absolute Gasteiger partial charge is 0.460 e. The second-order valence-corrected chi connectivity index (χ2v) is 20.8. The van der Waals surface area contributed by atoms with E-state index >= 15 is 8.78 Å². The summed E-state index contributed by atoms with van der Waals surface area (Å²) in [4.78, 5) is 24.3. The van der Waals surface area contributed by atoms with Crippen molar-refractivity contribution >= 4 is 26.0 Å². The van der Waals surface area contributed by atoms with E-state index in [1.807, 2.05) is 0 Å². The molecule has 0 aliphatic carbocycles. The summed E-state index contributed by atoms with van der Waals surface area (Å²) in [7, 11) is -2.58. The van der Waals surface area contributed by atoms with Crippen molar-refractivity contribution in [3.8, 4) is 11.5 Å². The van der Waals surface area contributed by atoms with Crippen LogP contribution in [0.15, 0.2) is 60.7 Å². The number of carbonyl (C=O) groups excluding carboxylic acids is 2. The Hall–Kier alpha value is -4.53. The third-order valence-electron chi connectivity index (χ3n) is 10.8. The third-order valence-corrected chi connectivity index (χ3v) is 16.4. The molecule has 0 unspecified atom stereocenters. The topological polar surface area (TPSA) is 115 Å². The zero-order valence-corrected chi connectivity index (χ0v) is 37.1. The largest absolute Gasteiger partial charge is 0.497 e. The van der Waals surface area contributed by atoms with Gasteiger partial charge in [0.05, 0.1) is 13.7 Å². The van der Waals surface area contributed by atoms with Crippen molar-refractivity contribution in [2.75, 3.05) is 25.6 Å². The Morgan fingerprint density at radius 1 is 0.672 bits per heavy atom. The Labute approximate surface area is 373 Å². The van der Waals surface area contributed by atoms with Gasteiger partial charge in [-0.25, -0.2) is 10.3 Å². The lowest BCUT2D eigenvalue weighted by Gasteiger charge is -2.44. The molecule has 3 N–H and O–H groups in total. The molecule has 27 heteroatoms. The standard InChI is InChI=1S/C40H47F17N2O7Si/c1-23(2)67(24(3)4,22-19-33(41,42)34(43,44)35(45,46)36(47,48)37(49,50)38(51,52)39(53,54)40(55,56)57)65-21-20-64-29-15-11-26(12-16-29)31(25(5)9-7-8-10-30(60)59-62)66-32(61)58-27-13-17-28(63-6)18-14-27/h8,10-18,23-25,31,62H,7,9,19-22H2,1-6H3,(H,58,61)(H,59,60)/b10-8+/t25-,31-/m0/s1. The number of carbonyl (C=O) groups is 2. The molecular weight excluding hydrogens is 971 g/mol. The van der Waals surface area contributed by atoms with Gasteiger partial charge in [-0.05, 0) is 77.8 Å². The van der Waals surface area contributed by atoms with E-state index in [9.17, 15) is 75.4 Å². The summed E-state index contributed by atoms with van der Waals surface area (Å²) in [5.41, 5.74) is 0.436. The van der Waals surface area contributed by atoms with Crippen LogP contribution in [0.3, 0.4) is 0 Å². The van der Waals surface area contributed by atoms with E-state index in [0.717, 1.165) is 6.08 Å². The fraction of sp³-hybridized carbons (Fsp3) is 0.600. The van der Waals surface area contributed by atoms with Gasteiger partial charge in [0, 0.05) is 18.2 Å². The Balaban J connectivity index is 2.29. The predicted octanol–water partition coefficient (Wildman–Crippen LogP) is 13.0. The molecule has 67 heavy (non-hydrogen) atoms. The highest BCUT2D eigenvalue weighted by molar-refractivity contribution is 6.76. The van der Waals surface area contributed by atoms with E-state index in [-0.39, 0.29) is 5.75 Å². The molecular formula is C40H47F17N2O7Si. The van der Waals surface area contributed by atoms with Crippen LogP contribution in [0.4, 0.5) is 85.1 Å². The highest BCUT2D eigenvalue weighted by Gasteiger charge is 2.95. The normalized spacial score (nSPS) is 14.9. The molecule has 2 rings (SSSR count). The van der Waals surface area contributed by atoms with E-state index in [2.05, 4.69) is 5.32 Å². The van der Waals surface area contributed by atoms with Crippen molar-refractivity contribution in [3.63, 3.8) is 0 Å². The summed E-state index contributed by atoms with van der Waals surface area (Å²) in [6, 6.07) is 10.7. The van der Waals surface area contributed by atoms with Gasteiger partial charge in [0.2, 0.25) is 0 Å². The Morgan fingerprint density at radius 3 is 1.61 bits per heavy atom. The molecule has 2 atom stereocenters. The average molecular weight is 1020 g/mol. The van der Waals surface area contributed by atoms with Crippen LogP contribution in [-0.2, 0) is 14.0 Å². The summed E-state index contributed by atoms with van der Waals surface area (Å²) in [6.07, 6.45) is -9.00. The maximum Gasteiger partial charge on any atom is 0.460 e. The van der Waals surface area contributed by atoms with E-state index in [1.54, 1.807) is 31.2 Å². The Bertz CT molecular complexity index is 1940. The minimum absolute atomic E-state index is 0.116. The van der Waals surface area contributed by atoms with Crippen molar-refractivity contribution in [2.24, 2.45) is 5.92 Å². The molecule has 0 saturated heterocycles. The van der Waals surface area contributed by atoms with Gasteiger partial charge >= 0.3 is 53.7 Å². The van der Waals surface area contributed by atoms with Crippen LogP contribution < -0.4 is 20.3 Å². The van der Waals surface area contributed by atoms with E-state index in [1.165, 1.54) is 70.6 Å². The molecule has 0 fully saturated rings. The van der Waals surface area contributed by atoms with Gasteiger partial charge in [-0.2, -0.15) is 74.6 Å². The molecule has 0 aromatic heterocycles. The van der Waals surface area contributed by atoms with Crippen LogP contribution in [0.1, 0.15) is 65.5 Å². The van der Waals surface area contributed by atoms with Gasteiger partial charge in [0.25, 0.3) is 5.91 Å². The maximum absolute atomic E-state index is 15.0. The van der Waals surface area contributed by atoms with Gasteiger partial charge in [0.1, 0.15) is 24.2 Å². The zero-order valence-electron chi connectivity index (χ0n) is 36.1. The Morgan fingerprint density at radius 2 is 1.15 bits per heavy atom. The lowest BCUT2D eigenvalue weighted by molar-refractivity contribution is -0.461. The molecule has 0 aliphatic heterocycles. The predicted molar refractivity (Wildman–Crippen MR) is 207 cm³/mol. The molecule has 0 radical (unpaired) electrons. The number of amides is 2. The number of hydrogen-bond donors (Lipinski definition) is 3. The monoisotopic (exact) mass is 1020 g/mol. The summed E-state index contributed by atoms with van der Waals surface area (Å²) < 4.78 is 258. The van der Waals surface area contributed by atoms with Crippen molar-refractivity contribution < 1.29 is 108 Å². The van der Waals surface area contributed by atoms with Crippen LogP contribution in [0, 0.1) is 5.92 Å². The quantitative estimate of drug-likeness (QED) is 0.0227. The molecule has 2 amide bonds. The van der Waals surface area contributed by atoms with Gasteiger partial charge in [-0.15, -0.1) is 0 Å². The SMILES string of the molecule is COc1ccc(NC(=O)O[C@H](c2ccc(OCCO[Si](CCC(F)(F)C(F)(F)C(F)(F)C(F)(F)C(F)(F)C(F)(F)C(F)(F)C(F)(F)F)(C(C)C)C(C)C)cc2)[C@@H](C)CC/C=C/C(=O)NO)cc1.